The molecular weight excluding hydrogens is 304 g/mol. The molecule has 2 aromatic rings. The molecule has 6 heteroatoms. The molecule has 0 aliphatic rings. The molecule has 1 aromatic carbocycles. The van der Waals surface area contributed by atoms with Crippen LogP contribution in [0, 0.1) is 10.1 Å². The molecule has 0 unspecified atom stereocenters. The number of pyridine rings is 1. The molecule has 0 bridgehead atoms. The molecule has 0 saturated carbocycles. The van der Waals surface area contributed by atoms with Crippen molar-refractivity contribution in [1.82, 2.24) is 4.98 Å². The van der Waals surface area contributed by atoms with E-state index in [1.165, 1.54) is 17.8 Å². The molecule has 0 aliphatic carbocycles. The van der Waals surface area contributed by atoms with Gasteiger partial charge in [-0.25, -0.2) is 4.98 Å². The number of aromatic nitrogens is 1. The zero-order chi connectivity index (χ0) is 12.3. The minimum absolute atomic E-state index is 0.0966. The zero-order valence-corrected chi connectivity index (χ0v) is 10.9. The van der Waals surface area contributed by atoms with Crippen LogP contribution < -0.4 is 0 Å². The number of nitro benzene ring substituents is 1. The van der Waals surface area contributed by atoms with Gasteiger partial charge in [-0.15, -0.1) is 0 Å². The lowest BCUT2D eigenvalue weighted by molar-refractivity contribution is -0.387. The molecule has 86 valence electrons. The molecule has 0 amide bonds. The average molecular weight is 311 g/mol. The highest BCUT2D eigenvalue weighted by Crippen LogP contribution is 2.33. The first-order valence-electron chi connectivity index (χ1n) is 4.70. The maximum Gasteiger partial charge on any atom is 0.283 e. The van der Waals surface area contributed by atoms with E-state index < -0.39 is 0 Å². The van der Waals surface area contributed by atoms with Crippen LogP contribution in [-0.4, -0.2) is 9.91 Å². The van der Waals surface area contributed by atoms with Gasteiger partial charge in [0.2, 0.25) is 0 Å². The Balaban J connectivity index is 2.33. The van der Waals surface area contributed by atoms with Gasteiger partial charge in [-0.2, -0.15) is 0 Å². The van der Waals surface area contributed by atoms with E-state index in [9.17, 15) is 10.1 Å². The van der Waals surface area contributed by atoms with Crippen LogP contribution in [0.5, 0.6) is 0 Å². The summed E-state index contributed by atoms with van der Waals surface area (Å²) in [6, 6.07) is 12.1. The van der Waals surface area contributed by atoms with Crippen LogP contribution in [0.3, 0.4) is 0 Å². The quantitative estimate of drug-likeness (QED) is 0.490. The molecule has 0 saturated heterocycles. The highest BCUT2D eigenvalue weighted by Gasteiger charge is 2.13. The minimum atomic E-state index is -0.389. The van der Waals surface area contributed by atoms with E-state index in [1.54, 1.807) is 18.2 Å². The van der Waals surface area contributed by atoms with Gasteiger partial charge in [0.05, 0.1) is 9.82 Å². The third kappa shape index (κ3) is 3.04. The van der Waals surface area contributed by atoms with Gasteiger partial charge in [0.25, 0.3) is 5.69 Å². The summed E-state index contributed by atoms with van der Waals surface area (Å²) in [5.41, 5.74) is 0.0966. The Morgan fingerprint density at radius 2 is 1.94 bits per heavy atom. The summed E-state index contributed by atoms with van der Waals surface area (Å²) in [5.74, 6) is 0. The van der Waals surface area contributed by atoms with Gasteiger partial charge < -0.3 is 0 Å². The number of nitro groups is 1. The molecular formula is C11H7BrN2O2S. The third-order valence-electron chi connectivity index (χ3n) is 1.97. The van der Waals surface area contributed by atoms with Crippen molar-refractivity contribution in [3.05, 3.63) is 57.2 Å². The fourth-order valence-corrected chi connectivity index (χ4v) is 2.62. The van der Waals surface area contributed by atoms with Crippen LogP contribution in [0.25, 0.3) is 0 Å². The smallest absolute Gasteiger partial charge is 0.258 e. The van der Waals surface area contributed by atoms with Crippen LogP contribution in [0.1, 0.15) is 0 Å². The second-order valence-electron chi connectivity index (χ2n) is 3.13. The Kier molecular flexibility index (Phi) is 3.75. The van der Waals surface area contributed by atoms with Gasteiger partial charge in [-0.3, -0.25) is 10.1 Å². The Bertz CT molecular complexity index is 563. The maximum absolute atomic E-state index is 10.8. The number of rotatable bonds is 3. The van der Waals surface area contributed by atoms with E-state index in [-0.39, 0.29) is 10.6 Å². The Morgan fingerprint density at radius 3 is 2.65 bits per heavy atom. The second-order valence-corrected chi connectivity index (χ2v) is 5.00. The SMILES string of the molecule is O=[N+]([O-])c1ccccc1Sc1cccc(Br)n1. The molecule has 0 spiro atoms. The van der Waals surface area contributed by atoms with Crippen molar-refractivity contribution in [3.63, 3.8) is 0 Å². The Hall–Kier alpha value is -1.40. The maximum atomic E-state index is 10.8. The summed E-state index contributed by atoms with van der Waals surface area (Å²) >= 11 is 4.54. The molecule has 17 heavy (non-hydrogen) atoms. The summed E-state index contributed by atoms with van der Waals surface area (Å²) in [6.07, 6.45) is 0. The fourth-order valence-electron chi connectivity index (χ4n) is 1.25. The molecule has 0 aliphatic heterocycles. The zero-order valence-electron chi connectivity index (χ0n) is 8.54. The van der Waals surface area contributed by atoms with Crippen LogP contribution >= 0.6 is 27.7 Å². The van der Waals surface area contributed by atoms with Crippen molar-refractivity contribution in [2.45, 2.75) is 9.92 Å². The number of nitrogens with zero attached hydrogens (tertiary/aromatic N) is 2. The largest absolute Gasteiger partial charge is 0.283 e. The van der Waals surface area contributed by atoms with Crippen LogP contribution in [-0.2, 0) is 0 Å². The second kappa shape index (κ2) is 5.29. The van der Waals surface area contributed by atoms with Crippen LogP contribution in [0.2, 0.25) is 0 Å². The first-order valence-corrected chi connectivity index (χ1v) is 6.31. The van der Waals surface area contributed by atoms with E-state index >= 15 is 0 Å². The van der Waals surface area contributed by atoms with Crippen molar-refractivity contribution in [3.8, 4) is 0 Å². The van der Waals surface area contributed by atoms with Gasteiger partial charge in [-0.05, 0) is 34.1 Å². The summed E-state index contributed by atoms with van der Waals surface area (Å²) in [6.45, 7) is 0. The van der Waals surface area contributed by atoms with E-state index in [2.05, 4.69) is 20.9 Å². The monoisotopic (exact) mass is 310 g/mol. The topological polar surface area (TPSA) is 56.0 Å². The molecule has 1 heterocycles. The van der Waals surface area contributed by atoms with E-state index in [0.717, 1.165) is 0 Å². The highest BCUT2D eigenvalue weighted by molar-refractivity contribution is 9.10. The number of hydrogen-bond donors (Lipinski definition) is 0. The summed E-state index contributed by atoms with van der Waals surface area (Å²) < 4.78 is 0.709. The van der Waals surface area contributed by atoms with E-state index in [1.807, 2.05) is 18.2 Å². The van der Waals surface area contributed by atoms with E-state index in [0.29, 0.717) is 14.5 Å². The summed E-state index contributed by atoms with van der Waals surface area (Å²) in [7, 11) is 0. The molecule has 4 nitrogen and oxygen atoms in total. The van der Waals surface area contributed by atoms with Gasteiger partial charge in [0.15, 0.2) is 0 Å². The molecule has 0 fully saturated rings. The molecule has 0 radical (unpaired) electrons. The lowest BCUT2D eigenvalue weighted by Gasteiger charge is -2.02. The molecule has 0 N–H and O–H groups in total. The molecule has 1 aromatic heterocycles. The van der Waals surface area contributed by atoms with Gasteiger partial charge >= 0.3 is 0 Å². The minimum Gasteiger partial charge on any atom is -0.258 e. The number of benzene rings is 1. The van der Waals surface area contributed by atoms with Crippen molar-refractivity contribution >= 4 is 33.4 Å². The van der Waals surface area contributed by atoms with Crippen molar-refractivity contribution < 1.29 is 4.92 Å². The highest BCUT2D eigenvalue weighted by atomic mass is 79.9. The fraction of sp³-hybridized carbons (Fsp3) is 0. The Labute approximate surface area is 110 Å². The van der Waals surface area contributed by atoms with Crippen molar-refractivity contribution in [2.24, 2.45) is 0 Å². The van der Waals surface area contributed by atoms with Crippen molar-refractivity contribution in [1.29, 1.82) is 0 Å². The third-order valence-corrected chi connectivity index (χ3v) is 3.41. The lowest BCUT2D eigenvalue weighted by atomic mass is 10.3. The summed E-state index contributed by atoms with van der Waals surface area (Å²) in [4.78, 5) is 15.3. The van der Waals surface area contributed by atoms with Gasteiger partial charge in [-0.1, -0.05) is 30.0 Å². The number of para-hydroxylation sites is 1. The normalized spacial score (nSPS) is 10.2. The van der Waals surface area contributed by atoms with E-state index in [4.69, 9.17) is 0 Å². The van der Waals surface area contributed by atoms with Crippen LogP contribution in [0.4, 0.5) is 5.69 Å². The lowest BCUT2D eigenvalue weighted by Crippen LogP contribution is -1.90. The average Bonchev–Trinajstić information content (AvgIpc) is 2.29. The number of halogens is 1. The van der Waals surface area contributed by atoms with Crippen molar-refractivity contribution in [2.75, 3.05) is 0 Å². The van der Waals surface area contributed by atoms with Crippen LogP contribution in [0.15, 0.2) is 57.0 Å². The van der Waals surface area contributed by atoms with Gasteiger partial charge in [0.1, 0.15) is 9.63 Å². The molecule has 0 atom stereocenters. The predicted molar refractivity (Wildman–Crippen MR) is 69.2 cm³/mol. The predicted octanol–water partition coefficient (Wildman–Crippen LogP) is 3.90. The standard InChI is InChI=1S/C11H7BrN2O2S/c12-10-6-3-7-11(13-10)17-9-5-2-1-4-8(9)14(15)16/h1-7H. The first kappa shape index (κ1) is 12.1. The van der Waals surface area contributed by atoms with Gasteiger partial charge in [0, 0.05) is 6.07 Å². The number of hydrogen-bond acceptors (Lipinski definition) is 4. The molecule has 2 rings (SSSR count). The summed E-state index contributed by atoms with van der Waals surface area (Å²) in [5, 5.41) is 11.6. The first-order chi connectivity index (χ1) is 8.16. The Morgan fingerprint density at radius 1 is 1.18 bits per heavy atom.